The van der Waals surface area contributed by atoms with E-state index in [1.54, 1.807) is 6.92 Å². The number of hydrogen-bond acceptors (Lipinski definition) is 3. The van der Waals surface area contributed by atoms with E-state index in [9.17, 15) is 4.79 Å². The number of aromatic amines is 1. The van der Waals surface area contributed by atoms with Crippen molar-refractivity contribution >= 4 is 28.8 Å². The first kappa shape index (κ1) is 12.7. The maximum atomic E-state index is 10.5. The minimum atomic E-state index is -0.909. The fraction of sp³-hybridized carbons (Fsp3) is 0.231. The van der Waals surface area contributed by atoms with Gasteiger partial charge in [-0.05, 0) is 31.5 Å². The summed E-state index contributed by atoms with van der Waals surface area (Å²) in [6.45, 7) is 3.83. The van der Waals surface area contributed by atoms with Crippen LogP contribution in [0.1, 0.15) is 12.5 Å². The quantitative estimate of drug-likeness (QED) is 0.656. The van der Waals surface area contributed by atoms with Crippen LogP contribution in [0.15, 0.2) is 35.0 Å². The fourth-order valence-electron chi connectivity index (χ4n) is 1.60. The van der Waals surface area contributed by atoms with Crippen molar-refractivity contribution in [1.29, 1.82) is 0 Å². The van der Waals surface area contributed by atoms with Crippen LogP contribution in [0.3, 0.4) is 0 Å². The lowest BCUT2D eigenvalue weighted by Gasteiger charge is -1.96. The molecule has 0 saturated carbocycles. The molecule has 0 spiro atoms. The molecule has 1 aromatic heterocycles. The number of fused-ring (bicyclic) bond motifs is 1. The zero-order valence-corrected chi connectivity index (χ0v) is 11.0. The first-order chi connectivity index (χ1) is 8.54. The van der Waals surface area contributed by atoms with E-state index in [0.29, 0.717) is 5.75 Å². The van der Waals surface area contributed by atoms with E-state index < -0.39 is 5.97 Å². The van der Waals surface area contributed by atoms with E-state index in [1.807, 2.05) is 25.1 Å². The minimum absolute atomic E-state index is 0.616. The van der Waals surface area contributed by atoms with Crippen LogP contribution < -0.4 is 0 Å². The summed E-state index contributed by atoms with van der Waals surface area (Å²) >= 11 is 1.50. The molecule has 0 saturated heterocycles. The van der Waals surface area contributed by atoms with Gasteiger partial charge in [-0.15, -0.1) is 0 Å². The third kappa shape index (κ3) is 3.13. The number of imidazole rings is 1. The Balaban J connectivity index is 2.11. The van der Waals surface area contributed by atoms with Crippen LogP contribution in [-0.4, -0.2) is 26.8 Å². The number of nitrogens with one attached hydrogen (secondary N) is 1. The number of H-pyrrole nitrogens is 1. The summed E-state index contributed by atoms with van der Waals surface area (Å²) < 4.78 is 0. The van der Waals surface area contributed by atoms with Crippen LogP contribution in [0.5, 0.6) is 0 Å². The molecule has 1 heterocycles. The van der Waals surface area contributed by atoms with Crippen LogP contribution >= 0.6 is 11.8 Å². The van der Waals surface area contributed by atoms with Crippen molar-refractivity contribution in [2.75, 3.05) is 5.75 Å². The Kier molecular flexibility index (Phi) is 3.72. The van der Waals surface area contributed by atoms with Crippen molar-refractivity contribution in [1.82, 2.24) is 9.97 Å². The van der Waals surface area contributed by atoms with Gasteiger partial charge in [0, 0.05) is 11.8 Å². The number of thioether (sulfide) groups is 1. The summed E-state index contributed by atoms with van der Waals surface area (Å²) in [5.41, 5.74) is 3.94. The molecule has 2 aromatic rings. The summed E-state index contributed by atoms with van der Waals surface area (Å²) in [6, 6.07) is 6.05. The van der Waals surface area contributed by atoms with Gasteiger partial charge in [-0.1, -0.05) is 23.4 Å². The molecule has 0 aliphatic heterocycles. The summed E-state index contributed by atoms with van der Waals surface area (Å²) in [7, 11) is 0. The number of aliphatic carboxylic acids is 1. The zero-order chi connectivity index (χ0) is 13.1. The van der Waals surface area contributed by atoms with E-state index in [2.05, 4.69) is 9.97 Å². The summed E-state index contributed by atoms with van der Waals surface area (Å²) in [4.78, 5) is 18.2. The lowest BCUT2D eigenvalue weighted by atomic mass is 10.2. The number of carboxylic acids is 1. The Hall–Kier alpha value is -1.75. The smallest absolute Gasteiger partial charge is 0.328 e. The Bertz CT molecular complexity index is 616. The molecule has 0 atom stereocenters. The van der Waals surface area contributed by atoms with E-state index in [-0.39, 0.29) is 0 Å². The van der Waals surface area contributed by atoms with Crippen LogP contribution in [-0.2, 0) is 4.79 Å². The molecule has 5 heteroatoms. The van der Waals surface area contributed by atoms with Crippen LogP contribution in [0.4, 0.5) is 0 Å². The molecule has 0 unspecified atom stereocenters. The van der Waals surface area contributed by atoms with Gasteiger partial charge < -0.3 is 10.1 Å². The van der Waals surface area contributed by atoms with Crippen LogP contribution in [0, 0.1) is 6.92 Å². The van der Waals surface area contributed by atoms with Crippen LogP contribution in [0.2, 0.25) is 0 Å². The highest BCUT2D eigenvalue weighted by Gasteiger charge is 2.04. The summed E-state index contributed by atoms with van der Waals surface area (Å²) in [6.07, 6.45) is 1.22. The van der Waals surface area contributed by atoms with Crippen molar-refractivity contribution in [3.8, 4) is 0 Å². The number of benzene rings is 1. The lowest BCUT2D eigenvalue weighted by molar-refractivity contribution is -0.131. The Morgan fingerprint density at radius 3 is 3.06 bits per heavy atom. The third-order valence-electron chi connectivity index (χ3n) is 2.42. The van der Waals surface area contributed by atoms with Crippen molar-refractivity contribution in [2.45, 2.75) is 19.0 Å². The number of hydrogen-bond donors (Lipinski definition) is 2. The molecule has 0 fully saturated rings. The van der Waals surface area contributed by atoms with E-state index in [1.165, 1.54) is 23.4 Å². The second-order valence-corrected chi connectivity index (χ2v) is 5.14. The van der Waals surface area contributed by atoms with E-state index >= 15 is 0 Å². The standard InChI is InChI=1S/C13H14N2O2S/c1-8-3-4-10-11(5-8)15-13(14-10)18-7-9(2)6-12(16)17/h3-6H,7H2,1-2H3,(H,14,15)(H,16,17). The number of rotatable bonds is 4. The van der Waals surface area contributed by atoms with Gasteiger partial charge in [0.05, 0.1) is 11.0 Å². The molecule has 0 amide bonds. The maximum absolute atomic E-state index is 10.5. The number of carboxylic acid groups (broad SMARTS) is 1. The second kappa shape index (κ2) is 5.27. The minimum Gasteiger partial charge on any atom is -0.478 e. The highest BCUT2D eigenvalue weighted by molar-refractivity contribution is 7.99. The Labute approximate surface area is 109 Å². The average Bonchev–Trinajstić information content (AvgIpc) is 2.67. The lowest BCUT2D eigenvalue weighted by Crippen LogP contribution is -1.92. The topological polar surface area (TPSA) is 66.0 Å². The largest absolute Gasteiger partial charge is 0.478 e. The number of nitrogens with zero attached hydrogens (tertiary/aromatic N) is 1. The Morgan fingerprint density at radius 1 is 1.56 bits per heavy atom. The zero-order valence-electron chi connectivity index (χ0n) is 10.2. The molecule has 18 heavy (non-hydrogen) atoms. The van der Waals surface area contributed by atoms with Gasteiger partial charge in [0.25, 0.3) is 0 Å². The molecule has 0 radical (unpaired) electrons. The van der Waals surface area contributed by atoms with Gasteiger partial charge >= 0.3 is 5.97 Å². The predicted octanol–water partition coefficient (Wildman–Crippen LogP) is 2.99. The highest BCUT2D eigenvalue weighted by Crippen LogP contribution is 2.21. The molecule has 1 aromatic carbocycles. The maximum Gasteiger partial charge on any atom is 0.328 e. The molecular formula is C13H14N2O2S. The van der Waals surface area contributed by atoms with Gasteiger partial charge in [0.1, 0.15) is 0 Å². The molecule has 2 rings (SSSR count). The summed E-state index contributed by atoms with van der Waals surface area (Å²) in [5, 5.41) is 9.43. The highest BCUT2D eigenvalue weighted by atomic mass is 32.2. The van der Waals surface area contributed by atoms with E-state index in [0.717, 1.165) is 21.8 Å². The average molecular weight is 262 g/mol. The monoisotopic (exact) mass is 262 g/mol. The van der Waals surface area contributed by atoms with Gasteiger partial charge in [-0.25, -0.2) is 9.78 Å². The number of aromatic nitrogens is 2. The molecule has 0 bridgehead atoms. The van der Waals surface area contributed by atoms with Crippen molar-refractivity contribution < 1.29 is 9.90 Å². The van der Waals surface area contributed by atoms with E-state index in [4.69, 9.17) is 5.11 Å². The van der Waals surface area contributed by atoms with Gasteiger partial charge in [-0.2, -0.15) is 0 Å². The normalized spacial score (nSPS) is 12.0. The second-order valence-electron chi connectivity index (χ2n) is 4.18. The fourth-order valence-corrected chi connectivity index (χ4v) is 2.40. The number of aryl methyl sites for hydroxylation is 1. The first-order valence-electron chi connectivity index (χ1n) is 5.54. The van der Waals surface area contributed by atoms with Gasteiger partial charge in [-0.3, -0.25) is 0 Å². The third-order valence-corrected chi connectivity index (χ3v) is 3.49. The summed E-state index contributed by atoms with van der Waals surface area (Å²) in [5.74, 6) is -0.293. The molecule has 0 aliphatic rings. The first-order valence-corrected chi connectivity index (χ1v) is 6.52. The van der Waals surface area contributed by atoms with Crippen LogP contribution in [0.25, 0.3) is 11.0 Å². The SMILES string of the molecule is CC(=CC(=O)O)CSc1nc2ccc(C)cc2[nH]1. The van der Waals surface area contributed by atoms with Crippen molar-refractivity contribution in [3.63, 3.8) is 0 Å². The predicted molar refractivity (Wildman–Crippen MR) is 72.9 cm³/mol. The molecular weight excluding hydrogens is 248 g/mol. The van der Waals surface area contributed by atoms with Crippen molar-refractivity contribution in [3.05, 3.63) is 35.4 Å². The van der Waals surface area contributed by atoms with Gasteiger partial charge in [0.2, 0.25) is 0 Å². The molecule has 4 nitrogen and oxygen atoms in total. The molecule has 2 N–H and O–H groups in total. The molecule has 94 valence electrons. The number of carbonyl (C=O) groups is 1. The van der Waals surface area contributed by atoms with Gasteiger partial charge in [0.15, 0.2) is 5.16 Å². The molecule has 0 aliphatic carbocycles. The Morgan fingerprint density at radius 2 is 2.33 bits per heavy atom. The van der Waals surface area contributed by atoms with Crippen molar-refractivity contribution in [2.24, 2.45) is 0 Å².